The zero-order valence-corrected chi connectivity index (χ0v) is 14.2. The summed E-state index contributed by atoms with van der Waals surface area (Å²) in [5.41, 5.74) is 0.593. The second kappa shape index (κ2) is 5.81. The van der Waals surface area contributed by atoms with E-state index in [0.29, 0.717) is 0 Å². The average Bonchev–Trinajstić information content (AvgIpc) is 2.40. The van der Waals surface area contributed by atoms with Crippen LogP contribution in [0.1, 0.15) is 5.56 Å². The first-order chi connectivity index (χ1) is 10.1. The van der Waals surface area contributed by atoms with Crippen LogP contribution in [0.15, 0.2) is 47.4 Å². The van der Waals surface area contributed by atoms with Crippen LogP contribution in [-0.2, 0) is 13.8 Å². The molecule has 2 aromatic carbocycles. The SMILES string of the molecule is Cc1ccc(S(=O)(=O)Nc2cc([As](=O)(O)O)ccc2O)cc1. The zero-order chi connectivity index (χ0) is 16.5. The third-order valence-electron chi connectivity index (χ3n) is 2.89. The predicted molar refractivity (Wildman–Crippen MR) is 80.6 cm³/mol. The summed E-state index contributed by atoms with van der Waals surface area (Å²) in [6.45, 7) is 1.81. The van der Waals surface area contributed by atoms with Gasteiger partial charge in [-0.25, -0.2) is 0 Å². The Morgan fingerprint density at radius 2 is 1.64 bits per heavy atom. The molecule has 2 aromatic rings. The van der Waals surface area contributed by atoms with Crippen molar-refractivity contribution in [3.63, 3.8) is 0 Å². The van der Waals surface area contributed by atoms with Gasteiger partial charge in [0.2, 0.25) is 0 Å². The Morgan fingerprint density at radius 1 is 1.05 bits per heavy atom. The molecule has 0 saturated carbocycles. The third kappa shape index (κ3) is 3.72. The fourth-order valence-corrected chi connectivity index (χ4v) is 3.96. The second-order valence-corrected chi connectivity index (χ2v) is 9.71. The fraction of sp³-hybridized carbons (Fsp3) is 0.0769. The van der Waals surface area contributed by atoms with Crippen LogP contribution < -0.4 is 9.07 Å². The van der Waals surface area contributed by atoms with Crippen molar-refractivity contribution in [2.75, 3.05) is 4.72 Å². The van der Waals surface area contributed by atoms with E-state index in [-0.39, 0.29) is 14.9 Å². The molecule has 0 amide bonds. The number of nitrogens with one attached hydrogen (secondary N) is 1. The van der Waals surface area contributed by atoms with Gasteiger partial charge < -0.3 is 0 Å². The van der Waals surface area contributed by atoms with Gasteiger partial charge in [-0.05, 0) is 0 Å². The van der Waals surface area contributed by atoms with Crippen LogP contribution in [0.3, 0.4) is 0 Å². The Hall–Kier alpha value is -1.73. The van der Waals surface area contributed by atoms with Crippen LogP contribution in [0.25, 0.3) is 0 Å². The summed E-state index contributed by atoms with van der Waals surface area (Å²) < 4.78 is 55.8. The number of aryl methyl sites for hydroxylation is 1. The first-order valence-corrected chi connectivity index (χ1v) is 10.9. The minimum absolute atomic E-state index is 0.0237. The molecule has 7 nitrogen and oxygen atoms in total. The standard InChI is InChI=1S/C13H14AsNO6S/c1-9-2-5-11(6-3-9)22(20,21)15-12-8-10(14(17,18)19)4-7-13(12)16/h2-8,15-16H,1H3,(H2,17,18,19). The zero-order valence-electron chi connectivity index (χ0n) is 11.5. The molecular formula is C13H14AsNO6S. The van der Waals surface area contributed by atoms with Crippen LogP contribution in [0.4, 0.5) is 5.69 Å². The van der Waals surface area contributed by atoms with Crippen molar-refractivity contribution in [3.8, 4) is 5.75 Å². The van der Waals surface area contributed by atoms with Crippen molar-refractivity contribution >= 4 is 34.2 Å². The Kier molecular flexibility index (Phi) is 4.39. The first kappa shape index (κ1) is 16.6. The molecule has 0 bridgehead atoms. The molecule has 0 aliphatic rings. The maximum atomic E-state index is 12.2. The molecule has 0 unspecified atom stereocenters. The van der Waals surface area contributed by atoms with Gasteiger partial charge in [-0.1, -0.05) is 0 Å². The maximum absolute atomic E-state index is 12.2. The molecule has 4 N–H and O–H groups in total. The Morgan fingerprint density at radius 3 is 2.18 bits per heavy atom. The fourth-order valence-electron chi connectivity index (χ4n) is 1.71. The summed E-state index contributed by atoms with van der Waals surface area (Å²) in [4.78, 5) is -0.0237. The van der Waals surface area contributed by atoms with Crippen LogP contribution in [0.5, 0.6) is 5.75 Å². The quantitative estimate of drug-likeness (QED) is 0.435. The normalized spacial score (nSPS) is 12.1. The van der Waals surface area contributed by atoms with Crippen molar-refractivity contribution in [3.05, 3.63) is 48.0 Å². The molecular weight excluding hydrogens is 373 g/mol. The summed E-state index contributed by atoms with van der Waals surface area (Å²) in [5, 5.41) is 9.68. The molecule has 9 heteroatoms. The van der Waals surface area contributed by atoms with Crippen LogP contribution >= 0.6 is 0 Å². The van der Waals surface area contributed by atoms with Gasteiger partial charge in [-0.15, -0.1) is 0 Å². The molecule has 2 rings (SSSR count). The Balaban J connectivity index is 2.41. The van der Waals surface area contributed by atoms with E-state index in [0.717, 1.165) is 23.8 Å². The molecule has 0 radical (unpaired) electrons. The van der Waals surface area contributed by atoms with Gasteiger partial charge in [0.25, 0.3) is 0 Å². The van der Waals surface area contributed by atoms with E-state index in [1.807, 2.05) is 0 Å². The molecule has 0 atom stereocenters. The topological polar surface area (TPSA) is 124 Å². The molecule has 0 aliphatic heterocycles. The van der Waals surface area contributed by atoms with Gasteiger partial charge in [-0.3, -0.25) is 0 Å². The van der Waals surface area contributed by atoms with Crippen LogP contribution in [0.2, 0.25) is 0 Å². The molecule has 0 fully saturated rings. The predicted octanol–water partition coefficient (Wildman–Crippen LogP) is 0.0624. The van der Waals surface area contributed by atoms with Gasteiger partial charge in [0.1, 0.15) is 0 Å². The number of hydrogen-bond acceptors (Lipinski definition) is 4. The van der Waals surface area contributed by atoms with E-state index in [9.17, 15) is 17.3 Å². The number of phenolic OH excluding ortho intramolecular Hbond substituents is 1. The van der Waals surface area contributed by atoms with Gasteiger partial charge >= 0.3 is 130 Å². The summed E-state index contributed by atoms with van der Waals surface area (Å²) in [6.07, 6.45) is 0. The molecule has 22 heavy (non-hydrogen) atoms. The number of benzene rings is 2. The Bertz CT molecular complexity index is 841. The number of rotatable bonds is 4. The van der Waals surface area contributed by atoms with Crippen molar-refractivity contribution in [1.82, 2.24) is 0 Å². The van der Waals surface area contributed by atoms with Crippen LogP contribution in [0, 0.1) is 6.92 Å². The van der Waals surface area contributed by atoms with E-state index >= 15 is 0 Å². The average molecular weight is 387 g/mol. The summed E-state index contributed by atoms with van der Waals surface area (Å²) in [7, 11) is -3.97. The second-order valence-electron chi connectivity index (χ2n) is 4.66. The summed E-state index contributed by atoms with van der Waals surface area (Å²) in [6, 6.07) is 9.03. The van der Waals surface area contributed by atoms with Gasteiger partial charge in [-0.2, -0.15) is 0 Å². The van der Waals surface area contributed by atoms with Crippen molar-refractivity contribution in [2.24, 2.45) is 0 Å². The van der Waals surface area contributed by atoms with E-state index in [4.69, 9.17) is 8.19 Å². The van der Waals surface area contributed by atoms with Crippen molar-refractivity contribution in [1.29, 1.82) is 0 Å². The van der Waals surface area contributed by atoms with Gasteiger partial charge in [0.15, 0.2) is 0 Å². The summed E-state index contributed by atoms with van der Waals surface area (Å²) >= 11 is -5.19. The number of anilines is 1. The van der Waals surface area contributed by atoms with Crippen molar-refractivity contribution in [2.45, 2.75) is 11.8 Å². The first-order valence-electron chi connectivity index (χ1n) is 6.08. The summed E-state index contributed by atoms with van der Waals surface area (Å²) in [5.74, 6) is -0.427. The molecule has 0 heterocycles. The van der Waals surface area contributed by atoms with Gasteiger partial charge in [0.05, 0.1) is 0 Å². The molecule has 0 spiro atoms. The molecule has 0 aromatic heterocycles. The van der Waals surface area contributed by atoms with Crippen molar-refractivity contribution < 1.29 is 25.5 Å². The van der Waals surface area contributed by atoms with E-state index in [2.05, 4.69) is 4.72 Å². The number of sulfonamides is 1. The molecule has 0 aliphatic carbocycles. The number of phenols is 1. The Labute approximate surface area is 130 Å². The molecule has 118 valence electrons. The van der Waals surface area contributed by atoms with Gasteiger partial charge in [0, 0.05) is 0 Å². The molecule has 0 saturated heterocycles. The number of aromatic hydroxyl groups is 1. The number of hydrogen-bond donors (Lipinski definition) is 4. The van der Waals surface area contributed by atoms with E-state index in [1.165, 1.54) is 12.1 Å². The monoisotopic (exact) mass is 387 g/mol. The third-order valence-corrected chi connectivity index (χ3v) is 6.27. The van der Waals surface area contributed by atoms with E-state index in [1.54, 1.807) is 19.1 Å². The van der Waals surface area contributed by atoms with Crippen LogP contribution in [-0.4, -0.2) is 35.9 Å². The minimum atomic E-state index is -5.19. The van der Waals surface area contributed by atoms with E-state index < -0.39 is 29.9 Å².